The zero-order valence-electron chi connectivity index (χ0n) is 14.6. The molecule has 4 aliphatic carbocycles. The summed E-state index contributed by atoms with van der Waals surface area (Å²) in [4.78, 5) is 0. The van der Waals surface area contributed by atoms with Gasteiger partial charge in [0.05, 0.1) is 0 Å². The van der Waals surface area contributed by atoms with Crippen molar-refractivity contribution in [2.75, 3.05) is 0 Å². The normalized spacial score (nSPS) is 57.7. The zero-order chi connectivity index (χ0) is 16.5. The molecule has 0 amide bonds. The van der Waals surface area contributed by atoms with Crippen molar-refractivity contribution in [3.05, 3.63) is 0 Å². The van der Waals surface area contributed by atoms with Crippen molar-refractivity contribution in [1.82, 2.24) is 0 Å². The van der Waals surface area contributed by atoms with Gasteiger partial charge in [0.25, 0.3) is 0 Å². The van der Waals surface area contributed by atoms with Crippen LogP contribution in [0.1, 0.15) is 65.2 Å². The Morgan fingerprint density at radius 3 is 2.43 bits per heavy atom. The molecule has 1 nitrogen and oxygen atoms in total. The van der Waals surface area contributed by atoms with Gasteiger partial charge in [-0.05, 0) is 80.5 Å². The van der Waals surface area contributed by atoms with Gasteiger partial charge in [-0.15, -0.1) is 18.8 Å². The summed E-state index contributed by atoms with van der Waals surface area (Å²) >= 11 is 0. The average Bonchev–Trinajstić information content (AvgIpc) is 3.02. The van der Waals surface area contributed by atoms with Gasteiger partial charge in [0, 0.05) is 11.3 Å². The molecule has 4 fully saturated rings. The molecule has 0 saturated heterocycles. The molecule has 1 N–H and O–H groups in total. The molecule has 0 aromatic carbocycles. The molecule has 4 aliphatic rings. The minimum absolute atomic E-state index is 0.0732. The Morgan fingerprint density at radius 2 is 1.74 bits per heavy atom. The quantitative estimate of drug-likeness (QED) is 0.663. The lowest BCUT2D eigenvalue weighted by atomic mass is 9.47. The van der Waals surface area contributed by atoms with E-state index in [1.54, 1.807) is 0 Å². The standard InChI is InChI=1S/C22H30O/c1-5-15-13-16-7-8-17-18(20(16,3)14-15)9-11-21(4)19(17)10-12-22(21,23)6-2/h1-2,15-19,23H,7-14H2,3-4H3/t15?,16?,17?,18?,19?,20-,21-,22-/m0/s1. The predicted molar refractivity (Wildman–Crippen MR) is 93.2 cm³/mol. The number of terminal acetylenes is 2. The van der Waals surface area contributed by atoms with Crippen molar-refractivity contribution in [3.8, 4) is 24.7 Å². The molecular formula is C22H30O. The largest absolute Gasteiger partial charge is 0.377 e. The van der Waals surface area contributed by atoms with Crippen LogP contribution in [0.2, 0.25) is 0 Å². The molecule has 0 aromatic heterocycles. The maximum atomic E-state index is 11.0. The molecule has 0 radical (unpaired) electrons. The van der Waals surface area contributed by atoms with Gasteiger partial charge in [-0.1, -0.05) is 19.8 Å². The van der Waals surface area contributed by atoms with Crippen LogP contribution in [0.25, 0.3) is 0 Å². The third-order valence-electron chi connectivity index (χ3n) is 8.95. The molecule has 23 heavy (non-hydrogen) atoms. The van der Waals surface area contributed by atoms with Gasteiger partial charge in [-0.25, -0.2) is 0 Å². The van der Waals surface area contributed by atoms with E-state index >= 15 is 0 Å². The molecule has 0 aliphatic heterocycles. The van der Waals surface area contributed by atoms with Crippen molar-refractivity contribution in [2.24, 2.45) is 40.4 Å². The van der Waals surface area contributed by atoms with E-state index in [0.717, 1.165) is 37.0 Å². The zero-order valence-corrected chi connectivity index (χ0v) is 14.6. The van der Waals surface area contributed by atoms with Crippen molar-refractivity contribution < 1.29 is 5.11 Å². The second-order valence-corrected chi connectivity index (χ2v) is 9.46. The first kappa shape index (κ1) is 15.6. The van der Waals surface area contributed by atoms with Gasteiger partial charge < -0.3 is 5.11 Å². The lowest BCUT2D eigenvalue weighted by Gasteiger charge is -2.58. The van der Waals surface area contributed by atoms with Gasteiger partial charge in [0.15, 0.2) is 0 Å². The van der Waals surface area contributed by atoms with Crippen LogP contribution in [0.5, 0.6) is 0 Å². The van der Waals surface area contributed by atoms with Crippen molar-refractivity contribution in [3.63, 3.8) is 0 Å². The summed E-state index contributed by atoms with van der Waals surface area (Å²) in [6.45, 7) is 4.80. The first-order valence-corrected chi connectivity index (χ1v) is 9.54. The minimum Gasteiger partial charge on any atom is -0.377 e. The minimum atomic E-state index is -0.878. The molecule has 124 valence electrons. The Morgan fingerprint density at radius 1 is 1.00 bits per heavy atom. The monoisotopic (exact) mass is 310 g/mol. The Bertz CT molecular complexity index is 594. The Balaban J connectivity index is 1.66. The highest BCUT2D eigenvalue weighted by molar-refractivity contribution is 5.24. The predicted octanol–water partition coefficient (Wildman–Crippen LogP) is 4.25. The second kappa shape index (κ2) is 4.80. The van der Waals surface area contributed by atoms with E-state index < -0.39 is 5.60 Å². The van der Waals surface area contributed by atoms with E-state index in [1.807, 2.05) is 0 Å². The van der Waals surface area contributed by atoms with E-state index in [1.165, 1.54) is 32.1 Å². The molecule has 5 unspecified atom stereocenters. The van der Waals surface area contributed by atoms with Crippen molar-refractivity contribution in [2.45, 2.75) is 70.8 Å². The summed E-state index contributed by atoms with van der Waals surface area (Å²) in [7, 11) is 0. The number of fused-ring (bicyclic) bond motifs is 5. The topological polar surface area (TPSA) is 20.2 Å². The van der Waals surface area contributed by atoms with Crippen molar-refractivity contribution >= 4 is 0 Å². The number of rotatable bonds is 0. The summed E-state index contributed by atoms with van der Waals surface area (Å²) in [5, 5.41) is 11.0. The van der Waals surface area contributed by atoms with Crippen LogP contribution in [0.4, 0.5) is 0 Å². The van der Waals surface area contributed by atoms with Gasteiger partial charge in [-0.3, -0.25) is 0 Å². The molecule has 4 rings (SSSR count). The Kier molecular flexibility index (Phi) is 3.26. The molecular weight excluding hydrogens is 280 g/mol. The van der Waals surface area contributed by atoms with Crippen LogP contribution >= 0.6 is 0 Å². The molecule has 1 heteroatoms. The fourth-order valence-electron chi connectivity index (χ4n) is 7.58. The Labute approximate surface area is 141 Å². The highest BCUT2D eigenvalue weighted by atomic mass is 16.3. The lowest BCUT2D eigenvalue weighted by molar-refractivity contribution is -0.119. The Hall–Kier alpha value is -0.920. The van der Waals surface area contributed by atoms with Crippen LogP contribution in [-0.4, -0.2) is 10.7 Å². The van der Waals surface area contributed by atoms with E-state index in [9.17, 15) is 5.11 Å². The smallest absolute Gasteiger partial charge is 0.130 e. The third kappa shape index (κ3) is 1.81. The van der Waals surface area contributed by atoms with Crippen LogP contribution < -0.4 is 0 Å². The molecule has 0 spiro atoms. The summed E-state index contributed by atoms with van der Waals surface area (Å²) < 4.78 is 0. The highest BCUT2D eigenvalue weighted by Gasteiger charge is 2.64. The molecule has 8 atom stereocenters. The molecule has 0 aromatic rings. The summed E-state index contributed by atoms with van der Waals surface area (Å²) in [5.74, 6) is 9.27. The number of aliphatic hydroxyl groups is 1. The SMILES string of the molecule is C#CC1CC2CCC3C(CC[C@@]4(C)C3CC[C@@]4(O)C#C)[C@@]2(C)C1. The van der Waals surface area contributed by atoms with Crippen LogP contribution in [0.3, 0.4) is 0 Å². The molecule has 0 heterocycles. The van der Waals surface area contributed by atoms with Gasteiger partial charge in [0.2, 0.25) is 0 Å². The second-order valence-electron chi connectivity index (χ2n) is 9.46. The molecule has 0 bridgehead atoms. The van der Waals surface area contributed by atoms with Crippen LogP contribution in [0, 0.1) is 65.1 Å². The van der Waals surface area contributed by atoms with Gasteiger partial charge in [-0.2, -0.15) is 0 Å². The van der Waals surface area contributed by atoms with Gasteiger partial charge >= 0.3 is 0 Å². The van der Waals surface area contributed by atoms with E-state index in [0.29, 0.717) is 17.3 Å². The van der Waals surface area contributed by atoms with E-state index in [-0.39, 0.29) is 5.41 Å². The highest BCUT2D eigenvalue weighted by Crippen LogP contribution is 2.69. The van der Waals surface area contributed by atoms with E-state index in [2.05, 4.69) is 25.7 Å². The van der Waals surface area contributed by atoms with Gasteiger partial charge in [0.1, 0.15) is 5.60 Å². The van der Waals surface area contributed by atoms with E-state index in [4.69, 9.17) is 12.8 Å². The van der Waals surface area contributed by atoms with Crippen LogP contribution in [-0.2, 0) is 0 Å². The lowest BCUT2D eigenvalue weighted by Crippen LogP contribution is -2.54. The van der Waals surface area contributed by atoms with Crippen molar-refractivity contribution in [1.29, 1.82) is 0 Å². The average molecular weight is 310 g/mol. The fraction of sp³-hybridized carbons (Fsp3) is 0.818. The summed E-state index contributed by atoms with van der Waals surface area (Å²) in [6, 6.07) is 0. The first-order chi connectivity index (χ1) is 10.9. The summed E-state index contributed by atoms with van der Waals surface area (Å²) in [5.41, 5.74) is -0.522. The maximum absolute atomic E-state index is 11.0. The van der Waals surface area contributed by atoms with Crippen LogP contribution in [0.15, 0.2) is 0 Å². The first-order valence-electron chi connectivity index (χ1n) is 9.54. The number of hydrogen-bond acceptors (Lipinski definition) is 1. The fourth-order valence-corrected chi connectivity index (χ4v) is 7.58. The molecule has 4 saturated carbocycles. The maximum Gasteiger partial charge on any atom is 0.130 e. The third-order valence-corrected chi connectivity index (χ3v) is 8.95. The number of hydrogen-bond donors (Lipinski definition) is 1. The summed E-state index contributed by atoms with van der Waals surface area (Å²) in [6.07, 6.45) is 20.9.